The smallest absolute Gasteiger partial charge is 0.257 e. The van der Waals surface area contributed by atoms with Gasteiger partial charge in [0.05, 0.1) is 5.75 Å². The predicted molar refractivity (Wildman–Crippen MR) is 88.6 cm³/mol. The molecule has 24 heavy (non-hydrogen) atoms. The normalized spacial score (nSPS) is 11.1. The fraction of sp³-hybridized carbons (Fsp3) is 0.286. The van der Waals surface area contributed by atoms with Crippen molar-refractivity contribution in [3.8, 4) is 5.75 Å². The summed E-state index contributed by atoms with van der Waals surface area (Å²) in [7, 11) is -3.63. The van der Waals surface area contributed by atoms with Gasteiger partial charge < -0.3 is 14.6 Å². The van der Waals surface area contributed by atoms with Gasteiger partial charge in [0, 0.05) is 17.6 Å². The van der Waals surface area contributed by atoms with Crippen LogP contribution in [0.3, 0.4) is 0 Å². The average Bonchev–Trinajstić information content (AvgIpc) is 2.90. The van der Waals surface area contributed by atoms with Crippen LogP contribution in [0.1, 0.15) is 5.76 Å². The number of carbonyl (C=O) groups excluding carboxylic acids is 1. The zero-order valence-electron chi connectivity index (χ0n) is 12.8. The largest absolute Gasteiger partial charge is 0.484 e. The van der Waals surface area contributed by atoms with Gasteiger partial charge in [0.15, 0.2) is 12.4 Å². The maximum Gasteiger partial charge on any atom is 0.257 e. The molecule has 0 saturated carbocycles. The average molecular weight is 374 g/mol. The lowest BCUT2D eigenvalue weighted by Gasteiger charge is -2.08. The van der Waals surface area contributed by atoms with E-state index in [9.17, 15) is 13.2 Å². The van der Waals surface area contributed by atoms with Gasteiger partial charge >= 0.3 is 0 Å². The van der Waals surface area contributed by atoms with Crippen molar-refractivity contribution < 1.29 is 22.5 Å². The molecule has 0 fully saturated rings. The highest BCUT2D eigenvalue weighted by molar-refractivity contribution is 7.92. The summed E-state index contributed by atoms with van der Waals surface area (Å²) in [5.41, 5.74) is 0. The highest BCUT2D eigenvalue weighted by Crippen LogP contribution is 2.15. The highest BCUT2D eigenvalue weighted by atomic mass is 35.5. The van der Waals surface area contributed by atoms with Crippen LogP contribution in [-0.4, -0.2) is 38.4 Å². The van der Waals surface area contributed by atoms with E-state index >= 15 is 0 Å². The summed E-state index contributed by atoms with van der Waals surface area (Å²) in [4.78, 5) is 11.6. The van der Waals surface area contributed by atoms with Gasteiger partial charge in [-0.15, -0.1) is 0 Å². The first-order chi connectivity index (χ1) is 11.3. The summed E-state index contributed by atoms with van der Waals surface area (Å²) in [6.45, 7) is 1.36. The van der Waals surface area contributed by atoms with Crippen LogP contribution in [0.15, 0.2) is 34.9 Å². The summed E-state index contributed by atoms with van der Waals surface area (Å²) in [5, 5.41) is 6.55. The molecule has 1 aromatic carbocycles. The van der Waals surface area contributed by atoms with Crippen molar-refractivity contribution >= 4 is 33.3 Å². The Morgan fingerprint density at radius 3 is 2.67 bits per heavy atom. The Balaban J connectivity index is 1.70. The van der Waals surface area contributed by atoms with Gasteiger partial charge in [-0.1, -0.05) is 16.8 Å². The lowest BCUT2D eigenvalue weighted by molar-refractivity contribution is -0.122. The number of sulfonamides is 1. The molecule has 0 radical (unpaired) electrons. The number of hydrogen-bond acceptors (Lipinski definition) is 6. The second-order valence-electron chi connectivity index (χ2n) is 4.84. The lowest BCUT2D eigenvalue weighted by atomic mass is 10.3. The number of aryl methyl sites for hydroxylation is 1. The van der Waals surface area contributed by atoms with Gasteiger partial charge in [0.2, 0.25) is 10.0 Å². The molecule has 1 heterocycles. The van der Waals surface area contributed by atoms with Crippen LogP contribution in [0.4, 0.5) is 5.82 Å². The van der Waals surface area contributed by atoms with E-state index in [0.717, 1.165) is 0 Å². The number of amides is 1. The summed E-state index contributed by atoms with van der Waals surface area (Å²) in [5.74, 6) is 0.346. The molecule has 0 saturated heterocycles. The van der Waals surface area contributed by atoms with Gasteiger partial charge in [0.25, 0.3) is 5.91 Å². The van der Waals surface area contributed by atoms with Crippen molar-refractivity contribution in [2.75, 3.05) is 23.6 Å². The molecule has 0 atom stereocenters. The number of hydrogen-bond donors (Lipinski definition) is 2. The van der Waals surface area contributed by atoms with Crippen LogP contribution in [0.25, 0.3) is 0 Å². The molecule has 0 spiro atoms. The molecule has 1 aromatic heterocycles. The van der Waals surface area contributed by atoms with E-state index in [0.29, 0.717) is 16.5 Å². The monoisotopic (exact) mass is 373 g/mol. The van der Waals surface area contributed by atoms with Crippen LogP contribution in [-0.2, 0) is 14.8 Å². The molecule has 1 amide bonds. The lowest BCUT2D eigenvalue weighted by Crippen LogP contribution is -2.34. The highest BCUT2D eigenvalue weighted by Gasteiger charge is 2.13. The zero-order valence-corrected chi connectivity index (χ0v) is 14.4. The molecule has 0 aliphatic heterocycles. The van der Waals surface area contributed by atoms with Crippen molar-refractivity contribution in [1.82, 2.24) is 10.5 Å². The molecule has 2 rings (SSSR count). The topological polar surface area (TPSA) is 111 Å². The minimum atomic E-state index is -3.63. The van der Waals surface area contributed by atoms with Crippen molar-refractivity contribution in [2.45, 2.75) is 6.92 Å². The van der Waals surface area contributed by atoms with Crippen molar-refractivity contribution in [2.24, 2.45) is 0 Å². The standard InChI is InChI=1S/C14H16ClN3O5S/c1-10-8-13(17-23-10)18-24(20,21)7-6-16-14(19)9-22-12-4-2-11(15)3-5-12/h2-5,8H,6-7,9H2,1H3,(H,16,19)(H,17,18). The SMILES string of the molecule is Cc1cc(NS(=O)(=O)CCNC(=O)COc2ccc(Cl)cc2)no1. The second kappa shape index (κ2) is 8.02. The van der Waals surface area contributed by atoms with E-state index in [1.807, 2.05) is 0 Å². The van der Waals surface area contributed by atoms with E-state index in [1.165, 1.54) is 6.07 Å². The maximum absolute atomic E-state index is 11.8. The Kier molecular flexibility index (Phi) is 6.04. The minimum absolute atomic E-state index is 0.0605. The molecule has 0 aliphatic carbocycles. The third-order valence-electron chi connectivity index (χ3n) is 2.76. The Bertz CT molecular complexity index is 789. The molecule has 10 heteroatoms. The number of ether oxygens (including phenoxy) is 1. The first kappa shape index (κ1) is 18.1. The number of nitrogens with one attached hydrogen (secondary N) is 2. The minimum Gasteiger partial charge on any atom is -0.484 e. The summed E-state index contributed by atoms with van der Waals surface area (Å²) in [6.07, 6.45) is 0. The summed E-state index contributed by atoms with van der Waals surface area (Å²) < 4.78 is 35.9. The molecule has 0 aliphatic rings. The Hall–Kier alpha value is -2.26. The number of carbonyl (C=O) groups is 1. The van der Waals surface area contributed by atoms with Crippen molar-refractivity contribution in [1.29, 1.82) is 0 Å². The number of rotatable bonds is 8. The summed E-state index contributed by atoms with van der Waals surface area (Å²) >= 11 is 5.74. The van der Waals surface area contributed by atoms with Crippen LogP contribution in [0.2, 0.25) is 5.02 Å². The molecular formula is C14H16ClN3O5S. The second-order valence-corrected chi connectivity index (χ2v) is 7.11. The van der Waals surface area contributed by atoms with Crippen molar-refractivity contribution in [3.63, 3.8) is 0 Å². The van der Waals surface area contributed by atoms with E-state index in [2.05, 4.69) is 15.2 Å². The third kappa shape index (κ3) is 6.09. The fourth-order valence-electron chi connectivity index (χ4n) is 1.68. The number of aromatic nitrogens is 1. The van der Waals surface area contributed by atoms with Gasteiger partial charge in [-0.05, 0) is 31.2 Å². The number of halogens is 1. The number of benzene rings is 1. The van der Waals surface area contributed by atoms with Gasteiger partial charge in [-0.3, -0.25) is 9.52 Å². The van der Waals surface area contributed by atoms with E-state index in [1.54, 1.807) is 31.2 Å². The zero-order chi connectivity index (χ0) is 17.6. The van der Waals surface area contributed by atoms with Gasteiger partial charge in [-0.2, -0.15) is 0 Å². The molecule has 130 valence electrons. The van der Waals surface area contributed by atoms with Gasteiger partial charge in [-0.25, -0.2) is 8.42 Å². The fourth-order valence-corrected chi connectivity index (χ4v) is 2.69. The van der Waals surface area contributed by atoms with Crippen LogP contribution < -0.4 is 14.8 Å². The Morgan fingerprint density at radius 2 is 2.04 bits per heavy atom. The first-order valence-electron chi connectivity index (χ1n) is 6.93. The number of anilines is 1. The molecule has 2 aromatic rings. The first-order valence-corrected chi connectivity index (χ1v) is 8.96. The Labute approximate surface area is 144 Å². The molecule has 0 bridgehead atoms. The van der Waals surface area contributed by atoms with E-state index in [-0.39, 0.29) is 24.7 Å². The molecule has 2 N–H and O–H groups in total. The number of nitrogens with zero attached hydrogens (tertiary/aromatic N) is 1. The predicted octanol–water partition coefficient (Wildman–Crippen LogP) is 1.57. The quantitative estimate of drug-likeness (QED) is 0.726. The van der Waals surface area contributed by atoms with Crippen molar-refractivity contribution in [3.05, 3.63) is 41.1 Å². The maximum atomic E-state index is 11.8. The third-order valence-corrected chi connectivity index (χ3v) is 4.28. The van der Waals surface area contributed by atoms with E-state index < -0.39 is 15.9 Å². The molecular weight excluding hydrogens is 358 g/mol. The van der Waals surface area contributed by atoms with Crippen LogP contribution in [0, 0.1) is 6.92 Å². The van der Waals surface area contributed by atoms with Crippen LogP contribution >= 0.6 is 11.6 Å². The molecule has 8 nitrogen and oxygen atoms in total. The summed E-state index contributed by atoms with van der Waals surface area (Å²) in [6, 6.07) is 7.99. The van der Waals surface area contributed by atoms with Crippen LogP contribution in [0.5, 0.6) is 5.75 Å². The Morgan fingerprint density at radius 1 is 1.33 bits per heavy atom. The molecule has 0 unspecified atom stereocenters. The van der Waals surface area contributed by atoms with E-state index in [4.69, 9.17) is 20.9 Å². The van der Waals surface area contributed by atoms with Gasteiger partial charge in [0.1, 0.15) is 11.5 Å².